The highest BCUT2D eigenvalue weighted by molar-refractivity contribution is 9.10. The van der Waals surface area contributed by atoms with Crippen LogP contribution in [0.25, 0.3) is 0 Å². The molecular formula is C13H15BrClN3. The average molecular weight is 329 g/mol. The number of hydrogen-bond acceptors (Lipinski definition) is 2. The molecule has 1 N–H and O–H groups in total. The minimum atomic E-state index is 0.744. The van der Waals surface area contributed by atoms with Gasteiger partial charge in [0.05, 0.1) is 6.20 Å². The van der Waals surface area contributed by atoms with Crippen molar-refractivity contribution >= 4 is 27.5 Å². The predicted octanol–water partition coefficient (Wildman–Crippen LogP) is 3.43. The van der Waals surface area contributed by atoms with E-state index in [0.29, 0.717) is 0 Å². The zero-order valence-electron chi connectivity index (χ0n) is 10.4. The first-order valence-corrected chi connectivity index (χ1v) is 6.87. The monoisotopic (exact) mass is 327 g/mol. The van der Waals surface area contributed by atoms with E-state index in [4.69, 9.17) is 11.6 Å². The Bertz CT molecular complexity index is 551. The first kappa shape index (κ1) is 13.6. The third kappa shape index (κ3) is 3.13. The summed E-state index contributed by atoms with van der Waals surface area (Å²) in [6.45, 7) is 3.68. The van der Waals surface area contributed by atoms with Crippen molar-refractivity contribution in [2.45, 2.75) is 20.0 Å². The Morgan fingerprint density at radius 3 is 2.67 bits per heavy atom. The molecule has 0 aliphatic carbocycles. The molecule has 1 heterocycles. The van der Waals surface area contributed by atoms with Crippen LogP contribution in [0.3, 0.4) is 0 Å². The summed E-state index contributed by atoms with van der Waals surface area (Å²) in [6, 6.07) is 5.84. The minimum Gasteiger partial charge on any atom is -0.308 e. The van der Waals surface area contributed by atoms with Crippen molar-refractivity contribution in [3.05, 3.63) is 50.7 Å². The first-order valence-electron chi connectivity index (χ1n) is 5.70. The molecule has 0 atom stereocenters. The standard InChI is InChI=1S/C13H15BrClN3/c1-9-11(8-17-18(9)2)7-16-6-10-3-4-12(15)5-13(10)14/h3-5,8,16H,6-7H2,1-2H3. The Morgan fingerprint density at radius 1 is 1.33 bits per heavy atom. The summed E-state index contributed by atoms with van der Waals surface area (Å²) >= 11 is 9.42. The average Bonchev–Trinajstić information content (AvgIpc) is 2.64. The van der Waals surface area contributed by atoms with Crippen LogP contribution in [-0.4, -0.2) is 9.78 Å². The summed E-state index contributed by atoms with van der Waals surface area (Å²) in [5, 5.41) is 8.37. The lowest BCUT2D eigenvalue weighted by Crippen LogP contribution is -2.13. The van der Waals surface area contributed by atoms with E-state index in [1.165, 1.54) is 16.8 Å². The van der Waals surface area contributed by atoms with E-state index in [1.807, 2.05) is 36.1 Å². The van der Waals surface area contributed by atoms with E-state index >= 15 is 0 Å². The highest BCUT2D eigenvalue weighted by Gasteiger charge is 2.04. The van der Waals surface area contributed by atoms with Gasteiger partial charge in [0.25, 0.3) is 0 Å². The number of nitrogens with zero attached hydrogens (tertiary/aromatic N) is 2. The molecule has 0 aliphatic rings. The van der Waals surface area contributed by atoms with Crippen LogP contribution in [0.5, 0.6) is 0 Å². The molecule has 0 bridgehead atoms. The number of benzene rings is 1. The molecule has 2 aromatic rings. The van der Waals surface area contributed by atoms with Crippen molar-refractivity contribution in [2.24, 2.45) is 7.05 Å². The summed E-state index contributed by atoms with van der Waals surface area (Å²) in [4.78, 5) is 0. The fraction of sp³-hybridized carbons (Fsp3) is 0.308. The van der Waals surface area contributed by atoms with Crippen molar-refractivity contribution in [3.8, 4) is 0 Å². The van der Waals surface area contributed by atoms with Gasteiger partial charge in [-0.3, -0.25) is 4.68 Å². The SMILES string of the molecule is Cc1c(CNCc2ccc(Cl)cc2Br)cnn1C. The maximum Gasteiger partial charge on any atom is 0.0537 e. The molecule has 3 nitrogen and oxygen atoms in total. The van der Waals surface area contributed by atoms with Gasteiger partial charge in [-0.05, 0) is 24.6 Å². The molecule has 1 aromatic carbocycles. The Morgan fingerprint density at radius 2 is 2.06 bits per heavy atom. The van der Waals surface area contributed by atoms with Gasteiger partial charge < -0.3 is 5.32 Å². The van der Waals surface area contributed by atoms with E-state index < -0.39 is 0 Å². The first-order chi connectivity index (χ1) is 8.58. The second-order valence-electron chi connectivity index (χ2n) is 4.22. The Kier molecular flexibility index (Phi) is 4.43. The van der Waals surface area contributed by atoms with E-state index in [2.05, 4.69) is 33.3 Å². The molecular weight excluding hydrogens is 314 g/mol. The van der Waals surface area contributed by atoms with E-state index in [-0.39, 0.29) is 0 Å². The third-order valence-corrected chi connectivity index (χ3v) is 3.96. The topological polar surface area (TPSA) is 29.9 Å². The largest absolute Gasteiger partial charge is 0.308 e. The van der Waals surface area contributed by atoms with Gasteiger partial charge in [-0.1, -0.05) is 33.6 Å². The van der Waals surface area contributed by atoms with Crippen molar-refractivity contribution in [1.82, 2.24) is 15.1 Å². The molecule has 96 valence electrons. The van der Waals surface area contributed by atoms with Crippen molar-refractivity contribution in [2.75, 3.05) is 0 Å². The van der Waals surface area contributed by atoms with Crippen LogP contribution in [-0.2, 0) is 20.1 Å². The maximum absolute atomic E-state index is 5.91. The summed E-state index contributed by atoms with van der Waals surface area (Å²) < 4.78 is 2.92. The van der Waals surface area contributed by atoms with Crippen molar-refractivity contribution in [1.29, 1.82) is 0 Å². The van der Waals surface area contributed by atoms with E-state index in [1.54, 1.807) is 0 Å². The predicted molar refractivity (Wildman–Crippen MR) is 77.6 cm³/mol. The number of hydrogen-bond donors (Lipinski definition) is 1. The fourth-order valence-corrected chi connectivity index (χ4v) is 2.54. The summed E-state index contributed by atoms with van der Waals surface area (Å²) in [6.07, 6.45) is 1.90. The molecule has 0 saturated carbocycles. The number of aryl methyl sites for hydroxylation is 1. The smallest absolute Gasteiger partial charge is 0.0537 e. The molecule has 0 aliphatic heterocycles. The molecule has 0 unspecified atom stereocenters. The van der Waals surface area contributed by atoms with Gasteiger partial charge in [0.1, 0.15) is 0 Å². The van der Waals surface area contributed by atoms with Crippen LogP contribution < -0.4 is 5.32 Å². The minimum absolute atomic E-state index is 0.744. The lowest BCUT2D eigenvalue weighted by molar-refractivity contribution is 0.683. The van der Waals surface area contributed by atoms with Crippen LogP contribution in [0.2, 0.25) is 5.02 Å². The number of rotatable bonds is 4. The van der Waals surface area contributed by atoms with Gasteiger partial charge in [-0.2, -0.15) is 5.10 Å². The molecule has 0 saturated heterocycles. The Balaban J connectivity index is 1.94. The zero-order valence-corrected chi connectivity index (χ0v) is 12.7. The molecule has 5 heteroatoms. The van der Waals surface area contributed by atoms with Crippen LogP contribution in [0.4, 0.5) is 0 Å². The molecule has 0 radical (unpaired) electrons. The molecule has 0 amide bonds. The van der Waals surface area contributed by atoms with Crippen molar-refractivity contribution < 1.29 is 0 Å². The molecule has 18 heavy (non-hydrogen) atoms. The Labute approximate surface area is 120 Å². The number of nitrogens with one attached hydrogen (secondary N) is 1. The zero-order chi connectivity index (χ0) is 13.1. The van der Waals surface area contributed by atoms with Crippen LogP contribution in [0.1, 0.15) is 16.8 Å². The van der Waals surface area contributed by atoms with Crippen LogP contribution in [0, 0.1) is 6.92 Å². The molecule has 2 rings (SSSR count). The summed E-state index contributed by atoms with van der Waals surface area (Å²) in [5.41, 5.74) is 3.61. The summed E-state index contributed by atoms with van der Waals surface area (Å²) in [7, 11) is 1.95. The van der Waals surface area contributed by atoms with Crippen LogP contribution in [0.15, 0.2) is 28.9 Å². The van der Waals surface area contributed by atoms with Crippen molar-refractivity contribution in [3.63, 3.8) is 0 Å². The molecule has 0 spiro atoms. The van der Waals surface area contributed by atoms with Gasteiger partial charge in [0.15, 0.2) is 0 Å². The van der Waals surface area contributed by atoms with E-state index in [0.717, 1.165) is 22.6 Å². The van der Waals surface area contributed by atoms with Gasteiger partial charge >= 0.3 is 0 Å². The normalized spacial score (nSPS) is 10.9. The second kappa shape index (κ2) is 5.87. The summed E-state index contributed by atoms with van der Waals surface area (Å²) in [5.74, 6) is 0. The fourth-order valence-electron chi connectivity index (χ4n) is 1.71. The number of halogens is 2. The van der Waals surface area contributed by atoms with Gasteiger partial charge in [-0.25, -0.2) is 0 Å². The molecule has 0 fully saturated rings. The third-order valence-electron chi connectivity index (χ3n) is 2.98. The van der Waals surface area contributed by atoms with Gasteiger partial charge in [-0.15, -0.1) is 0 Å². The quantitative estimate of drug-likeness (QED) is 0.932. The second-order valence-corrected chi connectivity index (χ2v) is 5.51. The lowest BCUT2D eigenvalue weighted by Gasteiger charge is -2.07. The molecule has 1 aromatic heterocycles. The van der Waals surface area contributed by atoms with Crippen LogP contribution >= 0.6 is 27.5 Å². The number of aromatic nitrogens is 2. The lowest BCUT2D eigenvalue weighted by atomic mass is 10.2. The maximum atomic E-state index is 5.91. The van der Waals surface area contributed by atoms with E-state index in [9.17, 15) is 0 Å². The highest BCUT2D eigenvalue weighted by Crippen LogP contribution is 2.21. The highest BCUT2D eigenvalue weighted by atomic mass is 79.9. The van der Waals surface area contributed by atoms with Gasteiger partial charge in [0, 0.05) is 40.9 Å². The Hall–Kier alpha value is -0.840. The van der Waals surface area contributed by atoms with Gasteiger partial charge in [0.2, 0.25) is 0 Å².